The second-order valence-corrected chi connectivity index (χ2v) is 9.70. The van der Waals surface area contributed by atoms with Crippen LogP contribution >= 0.6 is 12.2 Å². The molecule has 0 aromatic heterocycles. The number of halogens is 1. The number of carbonyl (C=O) groups excluding carboxylic acids is 3. The van der Waals surface area contributed by atoms with Crippen molar-refractivity contribution in [1.29, 1.82) is 0 Å². The Kier molecular flexibility index (Phi) is 9.03. The molecule has 38 heavy (non-hydrogen) atoms. The molecular weight excluding hydrogens is 509 g/mol. The molecule has 4 rings (SSSR count). The minimum absolute atomic E-state index is 0.115. The smallest absolute Gasteiger partial charge is 0.338 e. The number of esters is 1. The van der Waals surface area contributed by atoms with Gasteiger partial charge in [0.25, 0.3) is 5.91 Å². The molecule has 0 unspecified atom stereocenters. The summed E-state index contributed by atoms with van der Waals surface area (Å²) in [4.78, 5) is 46.4. The number of benzene rings is 2. The molecule has 2 fully saturated rings. The van der Waals surface area contributed by atoms with Crippen molar-refractivity contribution in [2.45, 2.75) is 19.4 Å². The average Bonchev–Trinajstić information content (AvgIpc) is 3.13. The summed E-state index contributed by atoms with van der Waals surface area (Å²) >= 11 is 5.75. The molecule has 2 saturated heterocycles. The highest BCUT2D eigenvalue weighted by molar-refractivity contribution is 7.80. The number of likely N-dealkylation sites (N-methyl/N-ethyl adjacent to an activating group) is 1. The van der Waals surface area contributed by atoms with Gasteiger partial charge in [0, 0.05) is 45.0 Å². The molecule has 2 aliphatic heterocycles. The highest BCUT2D eigenvalue weighted by Gasteiger charge is 2.44. The van der Waals surface area contributed by atoms with Gasteiger partial charge in [-0.2, -0.15) is 0 Å². The van der Waals surface area contributed by atoms with Crippen LogP contribution in [-0.2, 0) is 14.3 Å². The Morgan fingerprint density at radius 3 is 2.32 bits per heavy atom. The van der Waals surface area contributed by atoms with Crippen LogP contribution in [0.3, 0.4) is 0 Å². The zero-order chi connectivity index (χ0) is 27.2. The molecule has 9 nitrogen and oxygen atoms in total. The van der Waals surface area contributed by atoms with Crippen molar-refractivity contribution in [2.75, 3.05) is 63.1 Å². The fraction of sp³-hybridized carbons (Fsp3) is 0.407. The highest BCUT2D eigenvalue weighted by atomic mass is 32.1. The van der Waals surface area contributed by atoms with E-state index in [1.165, 1.54) is 29.2 Å². The van der Waals surface area contributed by atoms with Crippen LogP contribution in [-0.4, -0.2) is 96.6 Å². The van der Waals surface area contributed by atoms with E-state index >= 15 is 0 Å². The van der Waals surface area contributed by atoms with Gasteiger partial charge in [-0.25, -0.2) is 9.18 Å². The van der Waals surface area contributed by atoms with E-state index in [0.717, 1.165) is 26.2 Å². The molecule has 2 heterocycles. The lowest BCUT2D eigenvalue weighted by Crippen LogP contribution is -2.48. The Hall–Kier alpha value is -3.41. The molecule has 0 radical (unpaired) electrons. The second kappa shape index (κ2) is 12.4. The van der Waals surface area contributed by atoms with Crippen molar-refractivity contribution in [3.05, 3.63) is 59.9 Å². The Morgan fingerprint density at radius 2 is 1.68 bits per heavy atom. The standard InChI is InChI=1S/C27H32FN5O4S/c1-3-37-26(36)19-4-10-22(11-5-19)33-25(35)23(18-24(34)29-21-8-6-20(28)7-9-21)32(27(33)38)17-16-31-14-12-30(2)13-15-31/h4-11,23H,3,12-18H2,1-2H3,(H,29,34)/t23-/m0/s1. The Bertz CT molecular complexity index is 1170. The third kappa shape index (κ3) is 6.53. The monoisotopic (exact) mass is 541 g/mol. The molecule has 11 heteroatoms. The van der Waals surface area contributed by atoms with E-state index in [0.29, 0.717) is 35.1 Å². The molecule has 2 aliphatic rings. The van der Waals surface area contributed by atoms with Crippen molar-refractivity contribution in [3.63, 3.8) is 0 Å². The molecule has 202 valence electrons. The summed E-state index contributed by atoms with van der Waals surface area (Å²) < 4.78 is 18.3. The van der Waals surface area contributed by atoms with Crippen LogP contribution in [0.2, 0.25) is 0 Å². The molecule has 0 aliphatic carbocycles. The number of amides is 2. The summed E-state index contributed by atoms with van der Waals surface area (Å²) in [6.45, 7) is 6.94. The first kappa shape index (κ1) is 27.6. The number of anilines is 2. The predicted octanol–water partition coefficient (Wildman–Crippen LogP) is 2.58. The largest absolute Gasteiger partial charge is 0.462 e. The van der Waals surface area contributed by atoms with Crippen LogP contribution in [0.5, 0.6) is 0 Å². The Balaban J connectivity index is 1.51. The van der Waals surface area contributed by atoms with Crippen LogP contribution in [0.15, 0.2) is 48.5 Å². The van der Waals surface area contributed by atoms with Gasteiger partial charge in [0.2, 0.25) is 5.91 Å². The van der Waals surface area contributed by atoms with Gasteiger partial charge < -0.3 is 19.9 Å². The first-order chi connectivity index (χ1) is 18.3. The first-order valence-corrected chi connectivity index (χ1v) is 13.1. The minimum atomic E-state index is -0.792. The SMILES string of the molecule is CCOC(=O)c1ccc(N2C(=O)[C@H](CC(=O)Nc3ccc(F)cc3)N(CCN3CCN(C)CC3)C2=S)cc1. The van der Waals surface area contributed by atoms with E-state index in [-0.39, 0.29) is 24.8 Å². The van der Waals surface area contributed by atoms with Gasteiger partial charge in [0.05, 0.1) is 24.3 Å². The van der Waals surface area contributed by atoms with E-state index in [4.69, 9.17) is 17.0 Å². The molecular formula is C27H32FN5O4S. The summed E-state index contributed by atoms with van der Waals surface area (Å²) in [6, 6.07) is 11.1. The zero-order valence-corrected chi connectivity index (χ0v) is 22.4. The molecule has 2 aromatic carbocycles. The van der Waals surface area contributed by atoms with Gasteiger partial charge in [-0.1, -0.05) is 0 Å². The van der Waals surface area contributed by atoms with E-state index in [9.17, 15) is 18.8 Å². The lowest BCUT2D eigenvalue weighted by molar-refractivity contribution is -0.124. The normalized spacial score (nSPS) is 18.7. The predicted molar refractivity (Wildman–Crippen MR) is 147 cm³/mol. The van der Waals surface area contributed by atoms with Gasteiger partial charge in [-0.05, 0) is 74.7 Å². The topological polar surface area (TPSA) is 85.4 Å². The van der Waals surface area contributed by atoms with Crippen LogP contribution in [0.4, 0.5) is 15.8 Å². The van der Waals surface area contributed by atoms with Crippen molar-refractivity contribution in [1.82, 2.24) is 14.7 Å². The molecule has 0 bridgehead atoms. The van der Waals surface area contributed by atoms with Crippen molar-refractivity contribution >= 4 is 46.5 Å². The molecule has 2 aromatic rings. The van der Waals surface area contributed by atoms with Gasteiger partial charge >= 0.3 is 5.97 Å². The minimum Gasteiger partial charge on any atom is -0.462 e. The Morgan fingerprint density at radius 1 is 1.03 bits per heavy atom. The second-order valence-electron chi connectivity index (χ2n) is 9.34. The van der Waals surface area contributed by atoms with Gasteiger partial charge in [0.1, 0.15) is 11.9 Å². The van der Waals surface area contributed by atoms with Crippen LogP contribution in [0.1, 0.15) is 23.7 Å². The quantitative estimate of drug-likeness (QED) is 0.383. The molecule has 1 N–H and O–H groups in total. The number of thiocarbonyl (C=S) groups is 1. The number of ether oxygens (including phenoxy) is 1. The summed E-state index contributed by atoms with van der Waals surface area (Å²) in [5, 5.41) is 3.05. The number of piperazine rings is 1. The molecule has 1 atom stereocenters. The van der Waals surface area contributed by atoms with E-state index in [1.807, 2.05) is 0 Å². The number of nitrogens with zero attached hydrogens (tertiary/aromatic N) is 4. The fourth-order valence-corrected chi connectivity index (χ4v) is 4.94. The molecule has 0 spiro atoms. The van der Waals surface area contributed by atoms with Crippen LogP contribution in [0.25, 0.3) is 0 Å². The van der Waals surface area contributed by atoms with Crippen molar-refractivity contribution in [3.8, 4) is 0 Å². The zero-order valence-electron chi connectivity index (χ0n) is 21.6. The van der Waals surface area contributed by atoms with E-state index in [2.05, 4.69) is 22.2 Å². The summed E-state index contributed by atoms with van der Waals surface area (Å²) in [5.74, 6) is -1.54. The van der Waals surface area contributed by atoms with Crippen LogP contribution < -0.4 is 10.2 Å². The van der Waals surface area contributed by atoms with Gasteiger partial charge in [-0.15, -0.1) is 0 Å². The summed E-state index contributed by atoms with van der Waals surface area (Å²) in [6.07, 6.45) is -0.115. The molecule has 2 amide bonds. The van der Waals surface area contributed by atoms with E-state index in [1.54, 1.807) is 36.1 Å². The number of hydrogen-bond acceptors (Lipinski definition) is 7. The maximum atomic E-state index is 13.6. The van der Waals surface area contributed by atoms with E-state index < -0.39 is 17.8 Å². The van der Waals surface area contributed by atoms with Crippen LogP contribution in [0, 0.1) is 5.82 Å². The lowest BCUT2D eigenvalue weighted by atomic mass is 10.1. The number of hydrogen-bond donors (Lipinski definition) is 1. The fourth-order valence-electron chi connectivity index (χ4n) is 4.53. The molecule has 0 saturated carbocycles. The summed E-state index contributed by atoms with van der Waals surface area (Å²) in [7, 11) is 2.09. The number of rotatable bonds is 9. The maximum Gasteiger partial charge on any atom is 0.338 e. The highest BCUT2D eigenvalue weighted by Crippen LogP contribution is 2.28. The van der Waals surface area contributed by atoms with Crippen molar-refractivity contribution in [2.24, 2.45) is 0 Å². The first-order valence-electron chi connectivity index (χ1n) is 12.6. The third-order valence-electron chi connectivity index (χ3n) is 6.72. The maximum absolute atomic E-state index is 13.6. The van der Waals surface area contributed by atoms with Crippen molar-refractivity contribution < 1.29 is 23.5 Å². The summed E-state index contributed by atoms with van der Waals surface area (Å²) in [5.41, 5.74) is 1.33. The lowest BCUT2D eigenvalue weighted by Gasteiger charge is -2.34. The van der Waals surface area contributed by atoms with Gasteiger partial charge in [-0.3, -0.25) is 19.4 Å². The average molecular weight is 542 g/mol. The Labute approximate surface area is 227 Å². The number of carbonyl (C=O) groups is 3. The third-order valence-corrected chi connectivity index (χ3v) is 7.13. The van der Waals surface area contributed by atoms with Gasteiger partial charge in [0.15, 0.2) is 5.11 Å². The number of nitrogens with one attached hydrogen (secondary N) is 1.